The number of nitrogens with zero attached hydrogens (tertiary/aromatic N) is 4. The molecule has 9 heteroatoms. The van der Waals surface area contributed by atoms with Gasteiger partial charge in [0.2, 0.25) is 17.7 Å². The molecule has 0 aromatic carbocycles. The Bertz CT molecular complexity index is 586. The van der Waals surface area contributed by atoms with Gasteiger partial charge in [-0.3, -0.25) is 14.4 Å². The number of rotatable bonds is 4. The Morgan fingerprint density at radius 2 is 1.83 bits per heavy atom. The third-order valence-electron chi connectivity index (χ3n) is 3.80. The maximum atomic E-state index is 12.3. The first-order chi connectivity index (χ1) is 11.2. The van der Waals surface area contributed by atoms with Gasteiger partial charge < -0.3 is 19.4 Å². The van der Waals surface area contributed by atoms with Crippen molar-refractivity contribution in [3.8, 4) is 0 Å². The zero-order valence-electron chi connectivity index (χ0n) is 14.6. The van der Waals surface area contributed by atoms with E-state index in [2.05, 4.69) is 24.0 Å². The second kappa shape index (κ2) is 8.42. The average Bonchev–Trinajstić information content (AvgIpc) is 2.95. The molecule has 2 rings (SSSR count). The smallest absolute Gasteiger partial charge is 0.290 e. The van der Waals surface area contributed by atoms with E-state index in [4.69, 9.17) is 14.4 Å². The fourth-order valence-electron chi connectivity index (χ4n) is 2.37. The molecule has 1 aromatic rings. The monoisotopic (exact) mass is 340 g/mol. The number of likely N-dealkylation sites (N-methyl/N-ethyl adjacent to an activating group) is 1. The van der Waals surface area contributed by atoms with E-state index in [0.717, 1.165) is 0 Å². The van der Waals surface area contributed by atoms with Gasteiger partial charge in [0.15, 0.2) is 5.82 Å². The van der Waals surface area contributed by atoms with Crippen molar-refractivity contribution in [1.29, 1.82) is 0 Å². The number of carboxylic acid groups (broad SMARTS) is 1. The molecule has 2 heterocycles. The Morgan fingerprint density at radius 1 is 1.25 bits per heavy atom. The minimum absolute atomic E-state index is 0.0759. The molecule has 1 fully saturated rings. The van der Waals surface area contributed by atoms with E-state index >= 15 is 0 Å². The van der Waals surface area contributed by atoms with Crippen LogP contribution in [0.3, 0.4) is 0 Å². The molecule has 0 radical (unpaired) electrons. The van der Waals surface area contributed by atoms with Gasteiger partial charge in [0.1, 0.15) is 12.1 Å². The van der Waals surface area contributed by atoms with Crippen molar-refractivity contribution in [3.05, 3.63) is 11.7 Å². The Balaban J connectivity index is 0.000000891. The van der Waals surface area contributed by atoms with Gasteiger partial charge in [-0.05, 0) is 19.8 Å². The van der Waals surface area contributed by atoms with Crippen molar-refractivity contribution in [3.63, 3.8) is 0 Å². The molecule has 1 aromatic heterocycles. The van der Waals surface area contributed by atoms with Crippen molar-refractivity contribution in [2.45, 2.75) is 52.7 Å². The summed E-state index contributed by atoms with van der Waals surface area (Å²) < 4.78 is 5.17. The highest BCUT2D eigenvalue weighted by atomic mass is 16.5. The van der Waals surface area contributed by atoms with Crippen LogP contribution < -0.4 is 0 Å². The van der Waals surface area contributed by atoms with Crippen LogP contribution in [0.5, 0.6) is 0 Å². The first kappa shape index (κ1) is 19.6. The summed E-state index contributed by atoms with van der Waals surface area (Å²) in [7, 11) is 1.65. The van der Waals surface area contributed by atoms with Gasteiger partial charge in [-0.25, -0.2) is 0 Å². The third kappa shape index (κ3) is 4.53. The first-order valence-electron chi connectivity index (χ1n) is 7.69. The number of piperazine rings is 1. The average molecular weight is 340 g/mol. The fraction of sp³-hybridized carbons (Fsp3) is 0.667. The quantitative estimate of drug-likeness (QED) is 0.795. The predicted molar refractivity (Wildman–Crippen MR) is 83.8 cm³/mol. The molecule has 24 heavy (non-hydrogen) atoms. The summed E-state index contributed by atoms with van der Waals surface area (Å²) in [5, 5.41) is 10.8. The topological polar surface area (TPSA) is 117 Å². The molecule has 1 aliphatic rings. The highest BCUT2D eigenvalue weighted by Gasteiger charge is 2.40. The van der Waals surface area contributed by atoms with Crippen molar-refractivity contribution in [2.24, 2.45) is 5.92 Å². The molecule has 0 saturated carbocycles. The van der Waals surface area contributed by atoms with Crippen molar-refractivity contribution >= 4 is 18.3 Å². The Hall–Kier alpha value is -2.45. The molecular formula is C15H24N4O5. The number of hydrogen-bond donors (Lipinski definition) is 1. The molecular weight excluding hydrogens is 316 g/mol. The molecule has 0 spiro atoms. The van der Waals surface area contributed by atoms with Crippen LogP contribution in [0.4, 0.5) is 0 Å². The summed E-state index contributed by atoms with van der Waals surface area (Å²) in [6, 6.07) is -0.971. The summed E-state index contributed by atoms with van der Waals surface area (Å²) in [4.78, 5) is 40.1. The summed E-state index contributed by atoms with van der Waals surface area (Å²) >= 11 is 0. The molecule has 1 N–H and O–H groups in total. The normalized spacial score (nSPS) is 20.9. The van der Waals surface area contributed by atoms with E-state index < -0.39 is 12.1 Å². The zero-order chi connectivity index (χ0) is 18.4. The van der Waals surface area contributed by atoms with E-state index in [1.807, 2.05) is 0 Å². The lowest BCUT2D eigenvalue weighted by Crippen LogP contribution is -2.61. The van der Waals surface area contributed by atoms with Crippen LogP contribution in [0.25, 0.3) is 0 Å². The number of hydrogen-bond acceptors (Lipinski definition) is 6. The number of carbonyl (C=O) groups is 3. The zero-order valence-corrected chi connectivity index (χ0v) is 14.6. The van der Waals surface area contributed by atoms with Gasteiger partial charge in [-0.15, -0.1) is 0 Å². The Morgan fingerprint density at radius 3 is 2.38 bits per heavy atom. The largest absolute Gasteiger partial charge is 0.483 e. The molecule has 1 saturated heterocycles. The van der Waals surface area contributed by atoms with Gasteiger partial charge in [-0.2, -0.15) is 4.98 Å². The van der Waals surface area contributed by atoms with E-state index in [9.17, 15) is 9.59 Å². The van der Waals surface area contributed by atoms with Crippen LogP contribution in [0.2, 0.25) is 0 Å². The molecule has 2 amide bonds. The van der Waals surface area contributed by atoms with Crippen molar-refractivity contribution in [2.75, 3.05) is 7.05 Å². The number of carbonyl (C=O) groups excluding carboxylic acids is 2. The highest BCUT2D eigenvalue weighted by molar-refractivity contribution is 5.96. The Labute approximate surface area is 140 Å². The maximum Gasteiger partial charge on any atom is 0.290 e. The molecule has 1 aliphatic heterocycles. The third-order valence-corrected chi connectivity index (χ3v) is 3.80. The summed E-state index contributed by atoms with van der Waals surface area (Å²) in [6.45, 7) is 7.52. The second-order valence-corrected chi connectivity index (χ2v) is 6.07. The van der Waals surface area contributed by atoms with Crippen molar-refractivity contribution in [1.82, 2.24) is 19.9 Å². The van der Waals surface area contributed by atoms with E-state index in [1.165, 1.54) is 9.80 Å². The van der Waals surface area contributed by atoms with E-state index in [-0.39, 0.29) is 24.8 Å². The molecule has 0 bridgehead atoms. The minimum atomic E-state index is -0.509. The van der Waals surface area contributed by atoms with Crippen LogP contribution in [0, 0.1) is 5.92 Å². The van der Waals surface area contributed by atoms with Gasteiger partial charge >= 0.3 is 0 Å². The predicted octanol–water partition coefficient (Wildman–Crippen LogP) is 0.547. The van der Waals surface area contributed by atoms with Crippen molar-refractivity contribution < 1.29 is 24.0 Å². The standard InChI is InChI=1S/C14H22N4O3.CH2O2/c1-8(2)6-12-15-11(16-21-12)7-18-10(4)13(19)17(5)9(3)14(18)20;2-1-3/h8-10H,6-7H2,1-5H3;1H,(H,2,3)/t9-,10-;/m0./s1. The fourth-order valence-corrected chi connectivity index (χ4v) is 2.37. The summed E-state index contributed by atoms with van der Waals surface area (Å²) in [6.07, 6.45) is 0.703. The van der Waals surface area contributed by atoms with Gasteiger partial charge in [0.25, 0.3) is 6.47 Å². The molecule has 2 atom stereocenters. The van der Waals surface area contributed by atoms with Crippen LogP contribution >= 0.6 is 0 Å². The van der Waals surface area contributed by atoms with Gasteiger partial charge in [-0.1, -0.05) is 19.0 Å². The van der Waals surface area contributed by atoms with Crippen LogP contribution in [0.1, 0.15) is 39.4 Å². The van der Waals surface area contributed by atoms with Crippen LogP contribution in [-0.2, 0) is 27.3 Å². The summed E-state index contributed by atoms with van der Waals surface area (Å²) in [5.74, 6) is 1.25. The lowest BCUT2D eigenvalue weighted by molar-refractivity contribution is -0.159. The SMILES string of the molecule is CC(C)Cc1nc(CN2C(=O)[C@H](C)N(C)C(=O)[C@@H]2C)no1.O=CO. The second-order valence-electron chi connectivity index (χ2n) is 6.07. The number of aromatic nitrogens is 2. The maximum absolute atomic E-state index is 12.3. The van der Waals surface area contributed by atoms with E-state index in [1.54, 1.807) is 20.9 Å². The van der Waals surface area contributed by atoms with Crippen LogP contribution in [0.15, 0.2) is 4.52 Å². The molecule has 134 valence electrons. The van der Waals surface area contributed by atoms with Crippen LogP contribution in [-0.4, -0.2) is 62.5 Å². The molecule has 0 aliphatic carbocycles. The lowest BCUT2D eigenvalue weighted by Gasteiger charge is -2.40. The highest BCUT2D eigenvalue weighted by Crippen LogP contribution is 2.18. The minimum Gasteiger partial charge on any atom is -0.483 e. The van der Waals surface area contributed by atoms with E-state index in [0.29, 0.717) is 24.1 Å². The molecule has 9 nitrogen and oxygen atoms in total. The molecule has 0 unspecified atom stereocenters. The van der Waals surface area contributed by atoms with Gasteiger partial charge in [0.05, 0.1) is 6.54 Å². The lowest BCUT2D eigenvalue weighted by atomic mass is 10.1. The number of amides is 2. The summed E-state index contributed by atoms with van der Waals surface area (Å²) in [5.41, 5.74) is 0. The Kier molecular flexibility index (Phi) is 6.87. The van der Waals surface area contributed by atoms with Gasteiger partial charge in [0, 0.05) is 13.5 Å². The first-order valence-corrected chi connectivity index (χ1v) is 7.69.